The molecule has 0 saturated heterocycles. The molecule has 0 unspecified atom stereocenters. The van der Waals surface area contributed by atoms with Crippen LogP contribution in [0.5, 0.6) is 0 Å². The molecule has 0 bridgehead atoms. The molecule has 0 aromatic carbocycles. The number of amides is 1. The summed E-state index contributed by atoms with van der Waals surface area (Å²) in [6.07, 6.45) is 5.11. The molecule has 1 aliphatic rings. The van der Waals surface area contributed by atoms with Gasteiger partial charge in [0.15, 0.2) is 0 Å². The second-order valence-electron chi connectivity index (χ2n) is 5.82. The van der Waals surface area contributed by atoms with Crippen LogP contribution in [-0.2, 0) is 6.54 Å². The minimum atomic E-state index is -0.346. The van der Waals surface area contributed by atoms with Crippen LogP contribution in [0.4, 0.5) is 0 Å². The lowest BCUT2D eigenvalue weighted by atomic mass is 9.87. The van der Waals surface area contributed by atoms with Gasteiger partial charge in [-0.05, 0) is 50.8 Å². The summed E-state index contributed by atoms with van der Waals surface area (Å²) in [5.41, 5.74) is 3.40. The summed E-state index contributed by atoms with van der Waals surface area (Å²) in [4.78, 5) is 18.2. The van der Waals surface area contributed by atoms with E-state index in [-0.39, 0.29) is 5.91 Å². The summed E-state index contributed by atoms with van der Waals surface area (Å²) in [6, 6.07) is 6.10. The maximum Gasteiger partial charge on any atom is 0.283 e. The van der Waals surface area contributed by atoms with E-state index in [2.05, 4.69) is 29.3 Å². The van der Waals surface area contributed by atoms with Gasteiger partial charge >= 0.3 is 0 Å². The number of carbonyl (C=O) groups is 1. The van der Waals surface area contributed by atoms with E-state index < -0.39 is 0 Å². The maximum atomic E-state index is 11.5. The number of rotatable bonds is 4. The summed E-state index contributed by atoms with van der Waals surface area (Å²) in [5.74, 6) is 5.64. The van der Waals surface area contributed by atoms with E-state index in [1.54, 1.807) is 6.07 Å². The lowest BCUT2D eigenvalue weighted by molar-refractivity contribution is 0.0948. The Kier molecular flexibility index (Phi) is 5.09. The van der Waals surface area contributed by atoms with E-state index in [0.29, 0.717) is 11.7 Å². The molecule has 0 radical (unpaired) electrons. The number of pyridine rings is 1. The molecule has 1 heterocycles. The van der Waals surface area contributed by atoms with Crippen molar-refractivity contribution in [1.82, 2.24) is 15.3 Å². The Balaban J connectivity index is 1.97. The van der Waals surface area contributed by atoms with Gasteiger partial charge in [0.2, 0.25) is 0 Å². The monoisotopic (exact) mass is 276 g/mol. The Morgan fingerprint density at radius 2 is 2.10 bits per heavy atom. The SMILES string of the molecule is CC1CCC(N(C)Cc2cccc(C(=O)NN)n2)CC1. The largest absolute Gasteiger partial charge is 0.298 e. The van der Waals surface area contributed by atoms with Crippen LogP contribution in [0.1, 0.15) is 48.8 Å². The number of hydrogen-bond acceptors (Lipinski definition) is 4. The van der Waals surface area contributed by atoms with Gasteiger partial charge in [-0.1, -0.05) is 13.0 Å². The highest BCUT2D eigenvalue weighted by molar-refractivity contribution is 5.91. The van der Waals surface area contributed by atoms with Crippen molar-refractivity contribution < 1.29 is 4.79 Å². The van der Waals surface area contributed by atoms with Crippen LogP contribution in [-0.4, -0.2) is 28.9 Å². The van der Waals surface area contributed by atoms with Crippen molar-refractivity contribution in [3.63, 3.8) is 0 Å². The number of hydrazine groups is 1. The standard InChI is InChI=1S/C15H24N4O/c1-11-6-8-13(9-7-11)19(2)10-12-4-3-5-14(17-12)15(20)18-16/h3-5,11,13H,6-10,16H2,1-2H3,(H,18,20). The molecule has 110 valence electrons. The highest BCUT2D eigenvalue weighted by Crippen LogP contribution is 2.27. The fourth-order valence-electron chi connectivity index (χ4n) is 2.84. The molecule has 5 nitrogen and oxygen atoms in total. The van der Waals surface area contributed by atoms with Crippen LogP contribution in [0.3, 0.4) is 0 Å². The molecule has 5 heteroatoms. The predicted molar refractivity (Wildman–Crippen MR) is 78.8 cm³/mol. The molecule has 1 aromatic heterocycles. The number of aromatic nitrogens is 1. The number of nitrogens with two attached hydrogens (primary N) is 1. The van der Waals surface area contributed by atoms with E-state index in [1.807, 2.05) is 12.1 Å². The lowest BCUT2D eigenvalue weighted by Gasteiger charge is -2.33. The quantitative estimate of drug-likeness (QED) is 0.499. The van der Waals surface area contributed by atoms with Crippen molar-refractivity contribution in [3.05, 3.63) is 29.6 Å². The molecule has 1 aromatic rings. The number of nitrogens with zero attached hydrogens (tertiary/aromatic N) is 2. The minimum absolute atomic E-state index is 0.346. The molecule has 2 rings (SSSR count). The van der Waals surface area contributed by atoms with E-state index in [0.717, 1.165) is 18.2 Å². The highest BCUT2D eigenvalue weighted by atomic mass is 16.2. The van der Waals surface area contributed by atoms with Gasteiger partial charge in [-0.3, -0.25) is 15.1 Å². The third-order valence-electron chi connectivity index (χ3n) is 4.19. The van der Waals surface area contributed by atoms with Crippen molar-refractivity contribution in [3.8, 4) is 0 Å². The first-order valence-electron chi connectivity index (χ1n) is 7.27. The fourth-order valence-corrected chi connectivity index (χ4v) is 2.84. The van der Waals surface area contributed by atoms with Crippen LogP contribution in [0, 0.1) is 5.92 Å². The smallest absolute Gasteiger partial charge is 0.283 e. The van der Waals surface area contributed by atoms with Crippen LogP contribution in [0.2, 0.25) is 0 Å². The minimum Gasteiger partial charge on any atom is -0.298 e. The van der Waals surface area contributed by atoms with Crippen LogP contribution >= 0.6 is 0 Å². The Hall–Kier alpha value is -1.46. The van der Waals surface area contributed by atoms with Gasteiger partial charge in [-0.2, -0.15) is 0 Å². The number of hydrogen-bond donors (Lipinski definition) is 2. The number of carbonyl (C=O) groups excluding carboxylic acids is 1. The van der Waals surface area contributed by atoms with Crippen LogP contribution in [0.15, 0.2) is 18.2 Å². The topological polar surface area (TPSA) is 71.2 Å². The van der Waals surface area contributed by atoms with Crippen molar-refractivity contribution in [1.29, 1.82) is 0 Å². The fraction of sp³-hybridized carbons (Fsp3) is 0.600. The van der Waals surface area contributed by atoms with Crippen molar-refractivity contribution in [2.24, 2.45) is 11.8 Å². The summed E-state index contributed by atoms with van der Waals surface area (Å²) < 4.78 is 0. The van der Waals surface area contributed by atoms with Crippen molar-refractivity contribution in [2.45, 2.75) is 45.2 Å². The van der Waals surface area contributed by atoms with Crippen LogP contribution < -0.4 is 11.3 Å². The van der Waals surface area contributed by atoms with Gasteiger partial charge in [-0.25, -0.2) is 10.8 Å². The molecule has 0 aliphatic heterocycles. The average molecular weight is 276 g/mol. The first kappa shape index (κ1) is 14.9. The Morgan fingerprint density at radius 1 is 1.40 bits per heavy atom. The predicted octanol–water partition coefficient (Wildman–Crippen LogP) is 1.70. The summed E-state index contributed by atoms with van der Waals surface area (Å²) in [6.45, 7) is 3.09. The second-order valence-corrected chi connectivity index (χ2v) is 5.82. The first-order valence-corrected chi connectivity index (χ1v) is 7.27. The molecule has 3 N–H and O–H groups in total. The molecule has 1 saturated carbocycles. The molecule has 0 atom stereocenters. The van der Waals surface area contributed by atoms with Crippen LogP contribution in [0.25, 0.3) is 0 Å². The third kappa shape index (κ3) is 3.77. The first-order chi connectivity index (χ1) is 9.60. The molecule has 1 amide bonds. The second kappa shape index (κ2) is 6.81. The molecule has 1 aliphatic carbocycles. The molecule has 0 spiro atoms. The van der Waals surface area contributed by atoms with E-state index in [9.17, 15) is 4.79 Å². The number of nitrogen functional groups attached to an aromatic ring is 1. The van der Waals surface area contributed by atoms with Gasteiger partial charge in [0, 0.05) is 12.6 Å². The van der Waals surface area contributed by atoms with Gasteiger partial charge in [0.25, 0.3) is 5.91 Å². The Morgan fingerprint density at radius 3 is 2.75 bits per heavy atom. The van der Waals surface area contributed by atoms with Gasteiger partial charge < -0.3 is 0 Å². The summed E-state index contributed by atoms with van der Waals surface area (Å²) in [7, 11) is 2.14. The lowest BCUT2D eigenvalue weighted by Crippen LogP contribution is -2.35. The van der Waals surface area contributed by atoms with Gasteiger partial charge in [0.05, 0.1) is 5.69 Å². The third-order valence-corrected chi connectivity index (χ3v) is 4.19. The summed E-state index contributed by atoms with van der Waals surface area (Å²) in [5, 5.41) is 0. The molecule has 1 fully saturated rings. The zero-order valence-corrected chi connectivity index (χ0v) is 12.3. The highest BCUT2D eigenvalue weighted by Gasteiger charge is 2.22. The average Bonchev–Trinajstić information content (AvgIpc) is 2.47. The van der Waals surface area contributed by atoms with E-state index in [1.165, 1.54) is 25.7 Å². The maximum absolute atomic E-state index is 11.5. The molecular formula is C15H24N4O. The Labute approximate surface area is 120 Å². The van der Waals surface area contributed by atoms with E-state index >= 15 is 0 Å². The Bertz CT molecular complexity index is 455. The van der Waals surface area contributed by atoms with Crippen molar-refractivity contribution in [2.75, 3.05) is 7.05 Å². The molecule has 20 heavy (non-hydrogen) atoms. The normalized spacial score (nSPS) is 22.8. The molecular weight excluding hydrogens is 252 g/mol. The van der Waals surface area contributed by atoms with Crippen molar-refractivity contribution >= 4 is 5.91 Å². The zero-order valence-electron chi connectivity index (χ0n) is 12.3. The zero-order chi connectivity index (χ0) is 14.5. The van der Waals surface area contributed by atoms with E-state index in [4.69, 9.17) is 5.84 Å². The summed E-state index contributed by atoms with van der Waals surface area (Å²) >= 11 is 0. The number of nitrogens with one attached hydrogen (secondary N) is 1. The van der Waals surface area contributed by atoms with Gasteiger partial charge in [-0.15, -0.1) is 0 Å². The van der Waals surface area contributed by atoms with Gasteiger partial charge in [0.1, 0.15) is 5.69 Å².